The summed E-state index contributed by atoms with van der Waals surface area (Å²) in [6.07, 6.45) is 0. The maximum atomic E-state index is 12.1. The molecule has 2 rings (SSSR count). The zero-order valence-corrected chi connectivity index (χ0v) is 15.0. The quantitative estimate of drug-likeness (QED) is 0.807. The van der Waals surface area contributed by atoms with Gasteiger partial charge in [-0.25, -0.2) is 13.1 Å². The fraction of sp³-hybridized carbons (Fsp3) is 0.294. The first-order valence-electron chi connectivity index (χ1n) is 7.25. The van der Waals surface area contributed by atoms with Crippen molar-refractivity contribution in [3.05, 3.63) is 58.1 Å². The molecule has 0 aliphatic carbocycles. The van der Waals surface area contributed by atoms with Gasteiger partial charge < -0.3 is 4.74 Å². The van der Waals surface area contributed by atoms with E-state index < -0.39 is 10.0 Å². The second-order valence-electron chi connectivity index (χ2n) is 5.43. The molecule has 6 heteroatoms. The number of ether oxygens (including phenoxy) is 1. The molecule has 0 aromatic heterocycles. The van der Waals surface area contributed by atoms with Crippen LogP contribution in [0.5, 0.6) is 5.75 Å². The topological polar surface area (TPSA) is 55.4 Å². The normalized spacial score (nSPS) is 11.5. The molecule has 0 saturated heterocycles. The first kappa shape index (κ1) is 17.8. The lowest BCUT2D eigenvalue weighted by Crippen LogP contribution is -2.28. The highest BCUT2D eigenvalue weighted by Gasteiger charge is 2.14. The van der Waals surface area contributed by atoms with E-state index in [0.29, 0.717) is 5.02 Å². The van der Waals surface area contributed by atoms with Gasteiger partial charge in [0.05, 0.1) is 4.90 Å². The van der Waals surface area contributed by atoms with Crippen LogP contribution in [-0.2, 0) is 10.0 Å². The summed E-state index contributed by atoms with van der Waals surface area (Å²) in [7, 11) is -3.58. The third kappa shape index (κ3) is 4.70. The van der Waals surface area contributed by atoms with Gasteiger partial charge in [0.1, 0.15) is 12.4 Å². The fourth-order valence-electron chi connectivity index (χ4n) is 2.44. The Bertz CT molecular complexity index is 780. The molecule has 2 aromatic rings. The molecule has 0 aliphatic rings. The number of nitrogens with one attached hydrogen (secondary N) is 1. The van der Waals surface area contributed by atoms with Crippen molar-refractivity contribution in [2.75, 3.05) is 13.2 Å². The van der Waals surface area contributed by atoms with Crippen molar-refractivity contribution in [1.82, 2.24) is 4.72 Å². The lowest BCUT2D eigenvalue weighted by atomic mass is 10.1. The van der Waals surface area contributed by atoms with Crippen molar-refractivity contribution in [2.45, 2.75) is 25.7 Å². The van der Waals surface area contributed by atoms with Gasteiger partial charge >= 0.3 is 0 Å². The Morgan fingerprint density at radius 2 is 1.74 bits per heavy atom. The Kier molecular flexibility index (Phi) is 5.68. The number of hydrogen-bond donors (Lipinski definition) is 1. The molecule has 1 N–H and O–H groups in total. The van der Waals surface area contributed by atoms with Gasteiger partial charge in [0.25, 0.3) is 0 Å². The van der Waals surface area contributed by atoms with E-state index in [1.165, 1.54) is 17.7 Å². The zero-order chi connectivity index (χ0) is 17.0. The number of benzene rings is 2. The van der Waals surface area contributed by atoms with Gasteiger partial charge in [0.15, 0.2) is 0 Å². The first-order chi connectivity index (χ1) is 10.8. The number of halogens is 1. The molecule has 0 atom stereocenters. The molecule has 4 nitrogen and oxygen atoms in total. The standard InChI is InChI=1S/C17H20ClNO3S/c1-12-9-13(2)17(14(3)10-12)22-8-7-19-23(20,21)16-6-4-5-15(18)11-16/h4-6,9-11,19H,7-8H2,1-3H3. The molecule has 0 radical (unpaired) electrons. The third-order valence-electron chi connectivity index (χ3n) is 3.35. The molecular formula is C17H20ClNO3S. The number of sulfonamides is 1. The second-order valence-corrected chi connectivity index (χ2v) is 7.63. The summed E-state index contributed by atoms with van der Waals surface area (Å²) < 4.78 is 32.5. The molecular weight excluding hydrogens is 334 g/mol. The summed E-state index contributed by atoms with van der Waals surface area (Å²) in [5, 5.41) is 0.384. The maximum absolute atomic E-state index is 12.1. The SMILES string of the molecule is Cc1cc(C)c(OCCNS(=O)(=O)c2cccc(Cl)c2)c(C)c1. The smallest absolute Gasteiger partial charge is 0.240 e. The monoisotopic (exact) mass is 353 g/mol. The van der Waals surface area contributed by atoms with E-state index in [0.717, 1.165) is 16.9 Å². The average molecular weight is 354 g/mol. The van der Waals surface area contributed by atoms with Gasteiger partial charge in [0.2, 0.25) is 10.0 Å². The number of hydrogen-bond acceptors (Lipinski definition) is 3. The van der Waals surface area contributed by atoms with E-state index in [1.807, 2.05) is 32.9 Å². The van der Waals surface area contributed by atoms with E-state index in [2.05, 4.69) is 4.72 Å². The summed E-state index contributed by atoms with van der Waals surface area (Å²) in [5.41, 5.74) is 3.26. The summed E-state index contributed by atoms with van der Waals surface area (Å²) in [6.45, 7) is 6.42. The highest BCUT2D eigenvalue weighted by molar-refractivity contribution is 7.89. The Labute approximate surface area is 142 Å². The van der Waals surface area contributed by atoms with Crippen molar-refractivity contribution in [3.63, 3.8) is 0 Å². The molecule has 0 fully saturated rings. The van der Waals surface area contributed by atoms with Crippen LogP contribution < -0.4 is 9.46 Å². The molecule has 0 bridgehead atoms. The molecule has 0 unspecified atom stereocenters. The maximum Gasteiger partial charge on any atom is 0.240 e. The summed E-state index contributed by atoms with van der Waals surface area (Å²) in [6, 6.07) is 10.2. The predicted octanol–water partition coefficient (Wildman–Crippen LogP) is 3.62. The van der Waals surface area contributed by atoms with Crippen molar-refractivity contribution >= 4 is 21.6 Å². The van der Waals surface area contributed by atoms with Crippen molar-refractivity contribution in [3.8, 4) is 5.75 Å². The van der Waals surface area contributed by atoms with E-state index in [-0.39, 0.29) is 18.0 Å². The van der Waals surface area contributed by atoms with Crippen LogP contribution in [0.4, 0.5) is 0 Å². The van der Waals surface area contributed by atoms with Crippen LogP contribution in [0.1, 0.15) is 16.7 Å². The molecule has 0 amide bonds. The lowest BCUT2D eigenvalue weighted by molar-refractivity contribution is 0.318. The lowest BCUT2D eigenvalue weighted by Gasteiger charge is -2.13. The minimum absolute atomic E-state index is 0.146. The molecule has 0 saturated carbocycles. The number of aryl methyl sites for hydroxylation is 3. The van der Waals surface area contributed by atoms with Crippen LogP contribution in [0.15, 0.2) is 41.3 Å². The second kappa shape index (κ2) is 7.34. The van der Waals surface area contributed by atoms with Crippen LogP contribution in [-0.4, -0.2) is 21.6 Å². The van der Waals surface area contributed by atoms with Crippen LogP contribution in [0, 0.1) is 20.8 Å². The molecule has 0 spiro atoms. The van der Waals surface area contributed by atoms with Gasteiger partial charge in [-0.15, -0.1) is 0 Å². The van der Waals surface area contributed by atoms with Gasteiger partial charge in [0, 0.05) is 11.6 Å². The van der Waals surface area contributed by atoms with Crippen molar-refractivity contribution in [2.24, 2.45) is 0 Å². The average Bonchev–Trinajstić information content (AvgIpc) is 2.45. The Hall–Kier alpha value is -1.56. The van der Waals surface area contributed by atoms with Crippen LogP contribution in [0.25, 0.3) is 0 Å². The summed E-state index contributed by atoms with van der Waals surface area (Å²) in [4.78, 5) is 0.146. The molecule has 0 aliphatic heterocycles. The van der Waals surface area contributed by atoms with E-state index in [4.69, 9.17) is 16.3 Å². The summed E-state index contributed by atoms with van der Waals surface area (Å²) in [5.74, 6) is 0.803. The van der Waals surface area contributed by atoms with Gasteiger partial charge in [-0.1, -0.05) is 35.4 Å². The predicted molar refractivity (Wildman–Crippen MR) is 92.8 cm³/mol. The van der Waals surface area contributed by atoms with E-state index in [1.54, 1.807) is 12.1 Å². The Morgan fingerprint density at radius 1 is 1.09 bits per heavy atom. The Balaban J connectivity index is 1.95. The van der Waals surface area contributed by atoms with E-state index >= 15 is 0 Å². The molecule has 124 valence electrons. The van der Waals surface area contributed by atoms with E-state index in [9.17, 15) is 8.42 Å². The first-order valence-corrected chi connectivity index (χ1v) is 9.11. The highest BCUT2D eigenvalue weighted by Crippen LogP contribution is 2.24. The van der Waals surface area contributed by atoms with Crippen LogP contribution in [0.3, 0.4) is 0 Å². The zero-order valence-electron chi connectivity index (χ0n) is 13.4. The van der Waals surface area contributed by atoms with Crippen molar-refractivity contribution < 1.29 is 13.2 Å². The Morgan fingerprint density at radius 3 is 2.35 bits per heavy atom. The molecule has 23 heavy (non-hydrogen) atoms. The fourth-order valence-corrected chi connectivity index (χ4v) is 3.75. The largest absolute Gasteiger partial charge is 0.492 e. The van der Waals surface area contributed by atoms with Crippen LogP contribution >= 0.6 is 11.6 Å². The summed E-state index contributed by atoms with van der Waals surface area (Å²) >= 11 is 5.82. The third-order valence-corrected chi connectivity index (χ3v) is 5.05. The van der Waals surface area contributed by atoms with Gasteiger partial charge in [-0.2, -0.15) is 0 Å². The van der Waals surface area contributed by atoms with Gasteiger partial charge in [-0.05, 0) is 50.1 Å². The highest BCUT2D eigenvalue weighted by atomic mass is 35.5. The van der Waals surface area contributed by atoms with Crippen LogP contribution in [0.2, 0.25) is 5.02 Å². The molecule has 2 aromatic carbocycles. The minimum Gasteiger partial charge on any atom is -0.492 e. The van der Waals surface area contributed by atoms with Crippen molar-refractivity contribution in [1.29, 1.82) is 0 Å². The van der Waals surface area contributed by atoms with Gasteiger partial charge in [-0.3, -0.25) is 0 Å². The number of rotatable bonds is 6. The molecule has 0 heterocycles. The minimum atomic E-state index is -3.58.